The van der Waals surface area contributed by atoms with Crippen LogP contribution in [0.3, 0.4) is 0 Å². The molecule has 3 atom stereocenters. The van der Waals surface area contributed by atoms with Crippen LogP contribution in [0, 0.1) is 18.7 Å². The summed E-state index contributed by atoms with van der Waals surface area (Å²) in [5, 5.41) is 2.48. The van der Waals surface area contributed by atoms with Crippen LogP contribution in [0.1, 0.15) is 21.9 Å². The molecular formula is C29H21BrFN3O5S2. The van der Waals surface area contributed by atoms with E-state index in [1.165, 1.54) is 24.3 Å². The van der Waals surface area contributed by atoms with Gasteiger partial charge >= 0.3 is 4.87 Å². The standard InChI is InChI=1S/C29H21BrFN3O5S2/c1-14-2-7-17(8-3-14)32-21(35)13-39-20-11-4-15(30)12-19(20)22-23-25(40-26-24(22)41-29(38)33-26)28(37)34(27(23)36)18-9-5-16(31)6-10-18/h2-12,22-23,25H,13H2,1H3,(H,32,35)(H,33,38)/t22-,23-,25+/m0/s1. The van der Waals surface area contributed by atoms with Crippen molar-refractivity contribution in [2.75, 3.05) is 16.8 Å². The predicted molar refractivity (Wildman–Crippen MR) is 158 cm³/mol. The van der Waals surface area contributed by atoms with Gasteiger partial charge in [-0.1, -0.05) is 56.7 Å². The second-order valence-electron chi connectivity index (χ2n) is 9.62. The lowest BCUT2D eigenvalue weighted by atomic mass is 9.82. The molecule has 2 N–H and O–H groups in total. The van der Waals surface area contributed by atoms with Gasteiger partial charge in [0.25, 0.3) is 5.91 Å². The highest BCUT2D eigenvalue weighted by Crippen LogP contribution is 2.54. The number of imide groups is 1. The van der Waals surface area contributed by atoms with Crippen LogP contribution in [0.15, 0.2) is 81.0 Å². The van der Waals surface area contributed by atoms with Gasteiger partial charge < -0.3 is 15.0 Å². The molecule has 0 bridgehead atoms. The number of benzene rings is 3. The van der Waals surface area contributed by atoms with Crippen LogP contribution < -0.4 is 19.8 Å². The lowest BCUT2D eigenvalue weighted by Crippen LogP contribution is -2.32. The Morgan fingerprint density at radius 2 is 1.78 bits per heavy atom. The topological polar surface area (TPSA) is 109 Å². The number of carbonyl (C=O) groups is 3. The zero-order chi connectivity index (χ0) is 28.8. The van der Waals surface area contributed by atoms with Gasteiger partial charge in [-0.25, -0.2) is 9.29 Å². The molecule has 0 unspecified atom stereocenters. The third kappa shape index (κ3) is 5.22. The highest BCUT2D eigenvalue weighted by atomic mass is 79.9. The number of carbonyl (C=O) groups excluding carboxylic acids is 3. The normalized spacial score (nSPS) is 19.6. The predicted octanol–water partition coefficient (Wildman–Crippen LogP) is 5.46. The SMILES string of the molecule is Cc1ccc(NC(=O)COc2ccc(Br)cc2[C@@H]2c3sc(=O)[nH]c3S[C@H]3C(=O)N(c4ccc(F)cc4)C(=O)[C@@H]23)cc1. The fraction of sp³-hybridized carbons (Fsp3) is 0.172. The van der Waals surface area contributed by atoms with Gasteiger partial charge in [0.2, 0.25) is 11.8 Å². The van der Waals surface area contributed by atoms with Crippen LogP contribution in [-0.2, 0) is 14.4 Å². The minimum absolute atomic E-state index is 0.269. The average Bonchev–Trinajstić information content (AvgIpc) is 3.44. The monoisotopic (exact) mass is 653 g/mol. The van der Waals surface area contributed by atoms with E-state index in [9.17, 15) is 23.6 Å². The minimum Gasteiger partial charge on any atom is -0.483 e. The molecule has 8 nitrogen and oxygen atoms in total. The summed E-state index contributed by atoms with van der Waals surface area (Å²) in [6.45, 7) is 1.65. The van der Waals surface area contributed by atoms with Crippen LogP contribution in [0.2, 0.25) is 0 Å². The molecule has 3 aromatic carbocycles. The number of hydrogen-bond acceptors (Lipinski definition) is 7. The first-order valence-corrected chi connectivity index (χ1v) is 15.0. The van der Waals surface area contributed by atoms with Crippen molar-refractivity contribution in [2.24, 2.45) is 5.92 Å². The summed E-state index contributed by atoms with van der Waals surface area (Å²) >= 11 is 5.60. The molecule has 0 spiro atoms. The van der Waals surface area contributed by atoms with Gasteiger partial charge in [0.1, 0.15) is 16.8 Å². The Bertz CT molecular complexity index is 1740. The van der Waals surface area contributed by atoms with Gasteiger partial charge in [-0.3, -0.25) is 19.2 Å². The summed E-state index contributed by atoms with van der Waals surface area (Å²) < 4.78 is 20.3. The van der Waals surface area contributed by atoms with E-state index < -0.39 is 34.7 Å². The Morgan fingerprint density at radius 3 is 2.51 bits per heavy atom. The van der Waals surface area contributed by atoms with Crippen LogP contribution in [0.4, 0.5) is 15.8 Å². The van der Waals surface area contributed by atoms with Gasteiger partial charge in [0, 0.05) is 26.5 Å². The first-order valence-electron chi connectivity index (χ1n) is 12.5. The van der Waals surface area contributed by atoms with Crippen LogP contribution >= 0.6 is 39.0 Å². The number of thioether (sulfide) groups is 1. The number of nitrogens with zero attached hydrogens (tertiary/aromatic N) is 1. The number of halogens is 2. The Hall–Kier alpha value is -3.74. The molecule has 12 heteroatoms. The molecule has 0 saturated carbocycles. The third-order valence-corrected chi connectivity index (χ3v) is 9.80. The molecule has 3 heterocycles. The first kappa shape index (κ1) is 27.4. The number of aromatic nitrogens is 1. The summed E-state index contributed by atoms with van der Waals surface area (Å²) in [5.74, 6) is -3.01. The summed E-state index contributed by atoms with van der Waals surface area (Å²) in [4.78, 5) is 56.8. The van der Waals surface area contributed by atoms with E-state index >= 15 is 0 Å². The van der Waals surface area contributed by atoms with Crippen LogP contribution in [0.25, 0.3) is 0 Å². The number of hydrogen-bond donors (Lipinski definition) is 2. The maximum atomic E-state index is 13.9. The number of fused-ring (bicyclic) bond motifs is 2. The minimum atomic E-state index is -0.866. The molecule has 41 heavy (non-hydrogen) atoms. The number of aromatic amines is 1. The van der Waals surface area contributed by atoms with Crippen molar-refractivity contribution in [1.29, 1.82) is 0 Å². The van der Waals surface area contributed by atoms with E-state index in [0.717, 1.165) is 33.6 Å². The number of nitrogens with one attached hydrogen (secondary N) is 2. The molecule has 208 valence electrons. The fourth-order valence-corrected chi connectivity index (χ4v) is 7.95. The molecule has 1 fully saturated rings. The summed E-state index contributed by atoms with van der Waals surface area (Å²) in [5.41, 5.74) is 2.51. The lowest BCUT2D eigenvalue weighted by molar-refractivity contribution is -0.122. The van der Waals surface area contributed by atoms with Gasteiger partial charge in [-0.15, -0.1) is 0 Å². The van der Waals surface area contributed by atoms with E-state index in [-0.39, 0.29) is 23.1 Å². The summed E-state index contributed by atoms with van der Waals surface area (Å²) in [6, 6.07) is 17.7. The van der Waals surface area contributed by atoms with Crippen molar-refractivity contribution < 1.29 is 23.5 Å². The van der Waals surface area contributed by atoms with E-state index in [1.807, 2.05) is 19.1 Å². The Balaban J connectivity index is 1.36. The van der Waals surface area contributed by atoms with E-state index in [0.29, 0.717) is 31.4 Å². The number of thiazole rings is 1. The number of amides is 3. The first-order chi connectivity index (χ1) is 19.7. The largest absolute Gasteiger partial charge is 0.483 e. The van der Waals surface area contributed by atoms with E-state index in [2.05, 4.69) is 26.2 Å². The quantitative estimate of drug-likeness (QED) is 0.268. The molecule has 2 aliphatic heterocycles. The second kappa shape index (κ2) is 10.9. The van der Waals surface area contributed by atoms with Gasteiger partial charge in [0.15, 0.2) is 6.61 Å². The molecule has 1 saturated heterocycles. The lowest BCUT2D eigenvalue weighted by Gasteiger charge is -2.31. The van der Waals surface area contributed by atoms with Crippen molar-refractivity contribution in [2.45, 2.75) is 23.1 Å². The molecule has 0 radical (unpaired) electrons. The fourth-order valence-electron chi connectivity index (χ4n) is 5.07. The van der Waals surface area contributed by atoms with Crippen LogP contribution in [-0.4, -0.2) is 34.6 Å². The third-order valence-electron chi connectivity index (χ3n) is 6.91. The highest BCUT2D eigenvalue weighted by molar-refractivity contribution is 9.10. The van der Waals surface area contributed by atoms with Gasteiger partial charge in [-0.05, 0) is 61.5 Å². The maximum Gasteiger partial charge on any atom is 0.305 e. The van der Waals surface area contributed by atoms with Crippen molar-refractivity contribution in [1.82, 2.24) is 4.98 Å². The molecule has 1 aromatic heterocycles. The van der Waals surface area contributed by atoms with Crippen molar-refractivity contribution in [3.8, 4) is 5.75 Å². The Morgan fingerprint density at radius 1 is 1.05 bits per heavy atom. The van der Waals surface area contributed by atoms with Crippen molar-refractivity contribution in [3.63, 3.8) is 0 Å². The molecular weight excluding hydrogens is 633 g/mol. The average molecular weight is 655 g/mol. The number of anilines is 2. The highest BCUT2D eigenvalue weighted by Gasteiger charge is 2.56. The smallest absolute Gasteiger partial charge is 0.305 e. The summed E-state index contributed by atoms with van der Waals surface area (Å²) in [6.07, 6.45) is 0. The Labute approximate surface area is 250 Å². The zero-order valence-corrected chi connectivity index (χ0v) is 24.6. The molecule has 4 aromatic rings. The second-order valence-corrected chi connectivity index (χ2v) is 12.7. The Kier molecular flexibility index (Phi) is 7.30. The van der Waals surface area contributed by atoms with E-state index in [4.69, 9.17) is 4.74 Å². The molecule has 3 amide bonds. The zero-order valence-electron chi connectivity index (χ0n) is 21.4. The van der Waals surface area contributed by atoms with E-state index in [1.54, 1.807) is 30.3 Å². The number of rotatable bonds is 6. The molecule has 0 aliphatic carbocycles. The van der Waals surface area contributed by atoms with Gasteiger partial charge in [0.05, 0.1) is 16.6 Å². The van der Waals surface area contributed by atoms with Crippen molar-refractivity contribution in [3.05, 3.63) is 103 Å². The van der Waals surface area contributed by atoms with Crippen LogP contribution in [0.5, 0.6) is 5.75 Å². The number of H-pyrrole nitrogens is 1. The summed E-state index contributed by atoms with van der Waals surface area (Å²) in [7, 11) is 0. The molecule has 2 aliphatic rings. The maximum absolute atomic E-state index is 13.9. The molecule has 6 rings (SSSR count). The number of aryl methyl sites for hydroxylation is 1. The van der Waals surface area contributed by atoms with Gasteiger partial charge in [-0.2, -0.15) is 0 Å². The van der Waals surface area contributed by atoms with Crippen molar-refractivity contribution >= 4 is 68.1 Å². The number of ether oxygens (including phenoxy) is 1.